The van der Waals surface area contributed by atoms with Crippen molar-refractivity contribution in [2.24, 2.45) is 0 Å². The van der Waals surface area contributed by atoms with Crippen molar-refractivity contribution in [1.82, 2.24) is 4.98 Å². The lowest BCUT2D eigenvalue weighted by Gasteiger charge is -2.25. The molecular formula is C15H15N3O. The van der Waals surface area contributed by atoms with Crippen molar-refractivity contribution in [2.75, 3.05) is 18.1 Å². The fraction of sp³-hybridized carbons (Fsp3) is 0.333. The SMILES string of the molecule is N#Cc1nccc2cc(N3CCC[C@H]3CO)ccc12. The van der Waals surface area contributed by atoms with Crippen LogP contribution in [0.15, 0.2) is 30.5 Å². The van der Waals surface area contributed by atoms with E-state index in [0.29, 0.717) is 5.69 Å². The molecule has 1 fully saturated rings. The molecule has 1 aromatic heterocycles. The van der Waals surface area contributed by atoms with E-state index in [1.807, 2.05) is 18.2 Å². The Morgan fingerprint density at radius 2 is 2.32 bits per heavy atom. The highest BCUT2D eigenvalue weighted by Crippen LogP contribution is 2.29. The lowest BCUT2D eigenvalue weighted by atomic mass is 10.1. The fourth-order valence-electron chi connectivity index (χ4n) is 2.80. The van der Waals surface area contributed by atoms with Gasteiger partial charge in [-0.15, -0.1) is 0 Å². The molecule has 3 rings (SSSR count). The molecule has 0 unspecified atom stereocenters. The summed E-state index contributed by atoms with van der Waals surface area (Å²) >= 11 is 0. The van der Waals surface area contributed by atoms with Gasteiger partial charge in [0.1, 0.15) is 11.8 Å². The molecule has 1 aromatic carbocycles. The van der Waals surface area contributed by atoms with Crippen LogP contribution in [0.5, 0.6) is 0 Å². The Balaban J connectivity index is 2.05. The Bertz CT molecular complexity index is 647. The van der Waals surface area contributed by atoms with E-state index in [-0.39, 0.29) is 12.6 Å². The number of pyridine rings is 1. The average molecular weight is 253 g/mol. The summed E-state index contributed by atoms with van der Waals surface area (Å²) in [6.07, 6.45) is 3.82. The number of rotatable bonds is 2. The number of aliphatic hydroxyl groups excluding tert-OH is 1. The number of hydrogen-bond acceptors (Lipinski definition) is 4. The molecular weight excluding hydrogens is 238 g/mol. The van der Waals surface area contributed by atoms with Crippen LogP contribution < -0.4 is 4.90 Å². The van der Waals surface area contributed by atoms with E-state index in [1.54, 1.807) is 6.20 Å². The summed E-state index contributed by atoms with van der Waals surface area (Å²) in [6, 6.07) is 10.3. The third kappa shape index (κ3) is 2.02. The van der Waals surface area contributed by atoms with Gasteiger partial charge in [0.25, 0.3) is 0 Å². The highest BCUT2D eigenvalue weighted by atomic mass is 16.3. The average Bonchev–Trinajstić information content (AvgIpc) is 2.94. The largest absolute Gasteiger partial charge is 0.394 e. The zero-order chi connectivity index (χ0) is 13.2. The van der Waals surface area contributed by atoms with Crippen molar-refractivity contribution in [2.45, 2.75) is 18.9 Å². The smallest absolute Gasteiger partial charge is 0.148 e. The molecule has 0 amide bonds. The van der Waals surface area contributed by atoms with Gasteiger partial charge in [0.05, 0.1) is 12.6 Å². The molecule has 1 aliphatic heterocycles. The van der Waals surface area contributed by atoms with Gasteiger partial charge < -0.3 is 10.0 Å². The topological polar surface area (TPSA) is 60.2 Å². The lowest BCUT2D eigenvalue weighted by molar-refractivity contribution is 0.266. The zero-order valence-corrected chi connectivity index (χ0v) is 10.6. The molecule has 4 heteroatoms. The summed E-state index contributed by atoms with van der Waals surface area (Å²) in [6.45, 7) is 1.17. The maximum absolute atomic E-state index is 9.40. The summed E-state index contributed by atoms with van der Waals surface area (Å²) in [7, 11) is 0. The Hall–Kier alpha value is -2.12. The maximum atomic E-state index is 9.40. The van der Waals surface area contributed by atoms with Crippen molar-refractivity contribution >= 4 is 16.5 Å². The minimum atomic E-state index is 0.192. The Labute approximate surface area is 111 Å². The molecule has 1 atom stereocenters. The number of fused-ring (bicyclic) bond motifs is 1. The van der Waals surface area contributed by atoms with Gasteiger partial charge in [0, 0.05) is 23.8 Å². The van der Waals surface area contributed by atoms with Crippen LogP contribution in [-0.2, 0) is 0 Å². The van der Waals surface area contributed by atoms with E-state index < -0.39 is 0 Å². The predicted octanol–water partition coefficient (Wildman–Crippen LogP) is 2.07. The van der Waals surface area contributed by atoms with Gasteiger partial charge in [-0.2, -0.15) is 5.26 Å². The van der Waals surface area contributed by atoms with Crippen LogP contribution in [0.3, 0.4) is 0 Å². The van der Waals surface area contributed by atoms with E-state index in [9.17, 15) is 5.11 Å². The van der Waals surface area contributed by atoms with E-state index in [1.165, 1.54) is 0 Å². The first kappa shape index (κ1) is 11.9. The van der Waals surface area contributed by atoms with Crippen molar-refractivity contribution in [3.05, 3.63) is 36.2 Å². The minimum absolute atomic E-state index is 0.192. The van der Waals surface area contributed by atoms with Crippen LogP contribution in [-0.4, -0.2) is 29.3 Å². The van der Waals surface area contributed by atoms with Gasteiger partial charge in [0.2, 0.25) is 0 Å². The number of aliphatic hydroxyl groups is 1. The molecule has 4 nitrogen and oxygen atoms in total. The highest BCUT2D eigenvalue weighted by Gasteiger charge is 2.24. The fourth-order valence-corrected chi connectivity index (χ4v) is 2.80. The molecule has 0 spiro atoms. The monoisotopic (exact) mass is 253 g/mol. The number of nitrogens with zero attached hydrogens (tertiary/aromatic N) is 3. The van der Waals surface area contributed by atoms with Crippen LogP contribution >= 0.6 is 0 Å². The van der Waals surface area contributed by atoms with Crippen LogP contribution in [0, 0.1) is 11.3 Å². The van der Waals surface area contributed by atoms with Gasteiger partial charge in [-0.1, -0.05) is 0 Å². The second-order valence-corrected chi connectivity index (χ2v) is 4.85. The van der Waals surface area contributed by atoms with Crippen LogP contribution in [0.4, 0.5) is 5.69 Å². The number of benzene rings is 1. The normalized spacial score (nSPS) is 18.7. The molecule has 0 saturated carbocycles. The third-order valence-corrected chi connectivity index (χ3v) is 3.77. The molecule has 2 aromatic rings. The van der Waals surface area contributed by atoms with E-state index in [2.05, 4.69) is 22.0 Å². The van der Waals surface area contributed by atoms with Crippen LogP contribution in [0.25, 0.3) is 10.8 Å². The van der Waals surface area contributed by atoms with Gasteiger partial charge >= 0.3 is 0 Å². The van der Waals surface area contributed by atoms with E-state index in [0.717, 1.165) is 35.8 Å². The number of anilines is 1. The standard InChI is InChI=1S/C15H15N3O/c16-9-15-14-4-3-12(8-11(14)5-6-17-15)18-7-1-2-13(18)10-19/h3-6,8,13,19H,1-2,7,10H2/t13-/m0/s1. The highest BCUT2D eigenvalue weighted by molar-refractivity contribution is 5.89. The number of nitriles is 1. The molecule has 19 heavy (non-hydrogen) atoms. The maximum Gasteiger partial charge on any atom is 0.148 e. The quantitative estimate of drug-likeness (QED) is 0.890. The number of hydrogen-bond donors (Lipinski definition) is 1. The summed E-state index contributed by atoms with van der Waals surface area (Å²) in [4.78, 5) is 6.31. The first-order valence-electron chi connectivity index (χ1n) is 6.50. The molecule has 96 valence electrons. The van der Waals surface area contributed by atoms with E-state index >= 15 is 0 Å². The second-order valence-electron chi connectivity index (χ2n) is 4.85. The first-order valence-corrected chi connectivity index (χ1v) is 6.50. The van der Waals surface area contributed by atoms with Crippen LogP contribution in [0.1, 0.15) is 18.5 Å². The first-order chi connectivity index (χ1) is 9.33. The van der Waals surface area contributed by atoms with Gasteiger partial charge in [-0.05, 0) is 42.5 Å². The number of aromatic nitrogens is 1. The second kappa shape index (κ2) is 4.87. The minimum Gasteiger partial charge on any atom is -0.394 e. The van der Waals surface area contributed by atoms with Crippen molar-refractivity contribution in [3.63, 3.8) is 0 Å². The Kier molecular flexibility index (Phi) is 3.06. The van der Waals surface area contributed by atoms with Crippen molar-refractivity contribution in [1.29, 1.82) is 5.26 Å². The molecule has 0 bridgehead atoms. The molecule has 0 radical (unpaired) electrons. The van der Waals surface area contributed by atoms with Crippen molar-refractivity contribution < 1.29 is 5.11 Å². The van der Waals surface area contributed by atoms with Crippen LogP contribution in [0.2, 0.25) is 0 Å². The summed E-state index contributed by atoms with van der Waals surface area (Å²) in [5.41, 5.74) is 1.57. The molecule has 2 heterocycles. The molecule has 1 N–H and O–H groups in total. The lowest BCUT2D eigenvalue weighted by Crippen LogP contribution is -2.31. The summed E-state index contributed by atoms with van der Waals surface area (Å²) < 4.78 is 0. The van der Waals surface area contributed by atoms with Gasteiger partial charge in [0.15, 0.2) is 0 Å². The summed E-state index contributed by atoms with van der Waals surface area (Å²) in [5, 5.41) is 20.3. The predicted molar refractivity (Wildman–Crippen MR) is 73.9 cm³/mol. The zero-order valence-electron chi connectivity index (χ0n) is 10.6. The van der Waals surface area contributed by atoms with Crippen molar-refractivity contribution in [3.8, 4) is 6.07 Å². The van der Waals surface area contributed by atoms with E-state index in [4.69, 9.17) is 5.26 Å². The Morgan fingerprint density at radius 1 is 1.42 bits per heavy atom. The third-order valence-electron chi connectivity index (χ3n) is 3.77. The molecule has 1 aliphatic rings. The van der Waals surface area contributed by atoms with Gasteiger partial charge in [-0.3, -0.25) is 0 Å². The Morgan fingerprint density at radius 3 is 3.11 bits per heavy atom. The summed E-state index contributed by atoms with van der Waals surface area (Å²) in [5.74, 6) is 0. The van der Waals surface area contributed by atoms with Gasteiger partial charge in [-0.25, -0.2) is 4.98 Å². The molecule has 1 saturated heterocycles. The molecule has 0 aliphatic carbocycles.